The molecule has 2 rings (SSSR count). The Balaban J connectivity index is 2.05. The van der Waals surface area contributed by atoms with E-state index < -0.39 is 0 Å². The van der Waals surface area contributed by atoms with Crippen molar-refractivity contribution in [2.45, 2.75) is 32.4 Å². The van der Waals surface area contributed by atoms with Crippen molar-refractivity contribution in [1.29, 1.82) is 0 Å². The Morgan fingerprint density at radius 2 is 2.18 bits per heavy atom. The molecule has 92 valence electrons. The van der Waals surface area contributed by atoms with Crippen molar-refractivity contribution >= 4 is 0 Å². The molecule has 0 saturated carbocycles. The molecule has 2 aromatic heterocycles. The van der Waals surface area contributed by atoms with Crippen molar-refractivity contribution in [3.05, 3.63) is 36.2 Å². The highest BCUT2D eigenvalue weighted by molar-refractivity contribution is 5.09. The maximum absolute atomic E-state index is 6.10. The lowest BCUT2D eigenvalue weighted by molar-refractivity contribution is 0.522. The van der Waals surface area contributed by atoms with E-state index in [1.807, 2.05) is 34.8 Å². The molecular formula is C12H19N5. The van der Waals surface area contributed by atoms with Gasteiger partial charge in [-0.3, -0.25) is 4.68 Å². The van der Waals surface area contributed by atoms with Crippen molar-refractivity contribution in [3.8, 4) is 0 Å². The first-order valence-corrected chi connectivity index (χ1v) is 5.83. The molecule has 5 nitrogen and oxygen atoms in total. The monoisotopic (exact) mass is 233 g/mol. The van der Waals surface area contributed by atoms with E-state index >= 15 is 0 Å². The molecule has 0 aromatic carbocycles. The summed E-state index contributed by atoms with van der Waals surface area (Å²) in [4.78, 5) is 4.26. The van der Waals surface area contributed by atoms with Crippen molar-refractivity contribution in [2.24, 2.45) is 12.8 Å². The highest BCUT2D eigenvalue weighted by Gasteiger charge is 2.12. The third-order valence-electron chi connectivity index (χ3n) is 2.73. The molecular weight excluding hydrogens is 214 g/mol. The van der Waals surface area contributed by atoms with Crippen molar-refractivity contribution in [1.82, 2.24) is 19.3 Å². The summed E-state index contributed by atoms with van der Waals surface area (Å²) < 4.78 is 3.85. The minimum Gasteiger partial charge on any atom is -0.340 e. The minimum atomic E-state index is -0.0910. The first-order valence-electron chi connectivity index (χ1n) is 5.83. The summed E-state index contributed by atoms with van der Waals surface area (Å²) >= 11 is 0. The lowest BCUT2D eigenvalue weighted by Crippen LogP contribution is -2.14. The van der Waals surface area contributed by atoms with E-state index in [-0.39, 0.29) is 6.04 Å². The molecule has 0 amide bonds. The highest BCUT2D eigenvalue weighted by Crippen LogP contribution is 2.13. The molecule has 2 N–H and O–H groups in total. The first kappa shape index (κ1) is 11.9. The van der Waals surface area contributed by atoms with Gasteiger partial charge in [-0.15, -0.1) is 0 Å². The van der Waals surface area contributed by atoms with Gasteiger partial charge in [0.25, 0.3) is 0 Å². The van der Waals surface area contributed by atoms with Gasteiger partial charge in [0, 0.05) is 31.9 Å². The summed E-state index contributed by atoms with van der Waals surface area (Å²) in [6.45, 7) is 4.21. The number of nitrogens with zero attached hydrogens (tertiary/aromatic N) is 4. The number of aryl methyl sites for hydroxylation is 1. The summed E-state index contributed by atoms with van der Waals surface area (Å²) in [6.07, 6.45) is 6.42. The Labute approximate surface area is 101 Å². The van der Waals surface area contributed by atoms with E-state index in [4.69, 9.17) is 5.73 Å². The van der Waals surface area contributed by atoms with Crippen LogP contribution in [0, 0.1) is 0 Å². The Morgan fingerprint density at radius 3 is 2.71 bits per heavy atom. The standard InChI is InChI=1S/C12H19N5/c1-9(2)17-5-4-10(15-17)6-11(13)12-7-16(3)8-14-12/h4-5,7-9,11H,6,13H2,1-3H3. The Morgan fingerprint density at radius 1 is 1.41 bits per heavy atom. The average molecular weight is 233 g/mol. The number of imidazole rings is 1. The molecule has 0 aliphatic carbocycles. The molecule has 0 aliphatic rings. The van der Waals surface area contributed by atoms with Crippen molar-refractivity contribution in [3.63, 3.8) is 0 Å². The second-order valence-corrected chi connectivity index (χ2v) is 4.66. The van der Waals surface area contributed by atoms with Gasteiger partial charge >= 0.3 is 0 Å². The van der Waals surface area contributed by atoms with Crippen LogP contribution < -0.4 is 5.73 Å². The van der Waals surface area contributed by atoms with Crippen molar-refractivity contribution in [2.75, 3.05) is 0 Å². The largest absolute Gasteiger partial charge is 0.340 e. The zero-order valence-corrected chi connectivity index (χ0v) is 10.5. The fraction of sp³-hybridized carbons (Fsp3) is 0.500. The third kappa shape index (κ3) is 2.74. The van der Waals surface area contributed by atoms with Crippen LogP contribution in [-0.4, -0.2) is 19.3 Å². The van der Waals surface area contributed by atoms with Crippen LogP contribution in [0.15, 0.2) is 24.8 Å². The molecule has 0 spiro atoms. The molecule has 0 saturated heterocycles. The normalized spacial score (nSPS) is 13.2. The molecule has 0 aliphatic heterocycles. The first-order chi connectivity index (χ1) is 8.06. The van der Waals surface area contributed by atoms with Crippen LogP contribution in [0.25, 0.3) is 0 Å². The summed E-state index contributed by atoms with van der Waals surface area (Å²) in [7, 11) is 1.94. The molecule has 0 radical (unpaired) electrons. The van der Waals surface area contributed by atoms with Gasteiger partial charge in [-0.2, -0.15) is 5.10 Å². The maximum Gasteiger partial charge on any atom is 0.0947 e. The Hall–Kier alpha value is -1.62. The average Bonchev–Trinajstić information content (AvgIpc) is 2.86. The van der Waals surface area contributed by atoms with Crippen molar-refractivity contribution < 1.29 is 0 Å². The predicted octanol–water partition coefficient (Wildman–Crippen LogP) is 1.44. The number of nitrogens with two attached hydrogens (primary N) is 1. The van der Waals surface area contributed by atoms with Gasteiger partial charge in [-0.25, -0.2) is 4.98 Å². The Kier molecular flexibility index (Phi) is 3.28. The molecule has 0 fully saturated rings. The summed E-state index contributed by atoms with van der Waals surface area (Å²) in [5.74, 6) is 0. The van der Waals surface area contributed by atoms with E-state index in [9.17, 15) is 0 Å². The smallest absolute Gasteiger partial charge is 0.0947 e. The van der Waals surface area contributed by atoms with Gasteiger partial charge in [0.15, 0.2) is 0 Å². The van der Waals surface area contributed by atoms with E-state index in [0.717, 1.165) is 17.8 Å². The second kappa shape index (κ2) is 4.71. The fourth-order valence-corrected chi connectivity index (χ4v) is 1.73. The zero-order valence-electron chi connectivity index (χ0n) is 10.5. The van der Waals surface area contributed by atoms with Gasteiger partial charge in [0.2, 0.25) is 0 Å². The van der Waals surface area contributed by atoms with Gasteiger partial charge in [0.1, 0.15) is 0 Å². The Bertz CT molecular complexity index is 483. The molecule has 1 atom stereocenters. The zero-order chi connectivity index (χ0) is 12.4. The van der Waals surface area contributed by atoms with Gasteiger partial charge in [-0.05, 0) is 19.9 Å². The number of aromatic nitrogens is 4. The van der Waals surface area contributed by atoms with Crippen LogP contribution in [0.2, 0.25) is 0 Å². The third-order valence-corrected chi connectivity index (χ3v) is 2.73. The number of hydrogen-bond acceptors (Lipinski definition) is 3. The van der Waals surface area contributed by atoms with Crippen LogP contribution >= 0.6 is 0 Å². The lowest BCUT2D eigenvalue weighted by Gasteiger charge is -2.07. The van der Waals surface area contributed by atoms with Crippen LogP contribution in [0.5, 0.6) is 0 Å². The summed E-state index contributed by atoms with van der Waals surface area (Å²) in [5.41, 5.74) is 8.02. The predicted molar refractivity (Wildman–Crippen MR) is 66.5 cm³/mol. The maximum atomic E-state index is 6.10. The SMILES string of the molecule is CC(C)n1ccc(CC(N)c2cn(C)cn2)n1. The second-order valence-electron chi connectivity index (χ2n) is 4.66. The summed E-state index contributed by atoms with van der Waals surface area (Å²) in [5, 5.41) is 4.48. The number of hydrogen-bond donors (Lipinski definition) is 1. The van der Waals surface area contributed by atoms with E-state index in [1.165, 1.54) is 0 Å². The van der Waals surface area contributed by atoms with E-state index in [2.05, 4.69) is 23.9 Å². The number of rotatable bonds is 4. The molecule has 17 heavy (non-hydrogen) atoms. The topological polar surface area (TPSA) is 61.7 Å². The molecule has 1 unspecified atom stereocenters. The molecule has 0 bridgehead atoms. The fourth-order valence-electron chi connectivity index (χ4n) is 1.73. The van der Waals surface area contributed by atoms with Crippen LogP contribution in [-0.2, 0) is 13.5 Å². The van der Waals surface area contributed by atoms with Gasteiger partial charge < -0.3 is 10.3 Å². The van der Waals surface area contributed by atoms with E-state index in [0.29, 0.717) is 6.04 Å². The van der Waals surface area contributed by atoms with Crippen LogP contribution in [0.3, 0.4) is 0 Å². The molecule has 2 heterocycles. The van der Waals surface area contributed by atoms with Gasteiger partial charge in [0.05, 0.1) is 23.8 Å². The van der Waals surface area contributed by atoms with Gasteiger partial charge in [-0.1, -0.05) is 0 Å². The lowest BCUT2D eigenvalue weighted by atomic mass is 10.1. The van der Waals surface area contributed by atoms with E-state index in [1.54, 1.807) is 6.33 Å². The van der Waals surface area contributed by atoms with Crippen LogP contribution in [0.1, 0.15) is 37.3 Å². The summed E-state index contributed by atoms with van der Waals surface area (Å²) in [6, 6.07) is 2.31. The van der Waals surface area contributed by atoms with Crippen LogP contribution in [0.4, 0.5) is 0 Å². The molecule has 5 heteroatoms. The highest BCUT2D eigenvalue weighted by atomic mass is 15.3. The molecule has 2 aromatic rings. The quantitative estimate of drug-likeness (QED) is 0.869. The minimum absolute atomic E-state index is 0.0910.